The van der Waals surface area contributed by atoms with Crippen molar-refractivity contribution in [3.8, 4) is 0 Å². The molecule has 0 aliphatic heterocycles. The first kappa shape index (κ1) is 16.9. The van der Waals surface area contributed by atoms with E-state index in [1.54, 1.807) is 13.2 Å². The van der Waals surface area contributed by atoms with Crippen molar-refractivity contribution in [2.45, 2.75) is 27.3 Å². The van der Waals surface area contributed by atoms with Crippen molar-refractivity contribution in [3.05, 3.63) is 29.6 Å². The van der Waals surface area contributed by atoms with Gasteiger partial charge in [-0.3, -0.25) is 0 Å². The molecule has 0 aromatic heterocycles. The summed E-state index contributed by atoms with van der Waals surface area (Å²) in [6.45, 7) is 10.1. The highest BCUT2D eigenvalue weighted by molar-refractivity contribution is 5.49. The molecule has 1 rings (SSSR count). The van der Waals surface area contributed by atoms with Gasteiger partial charge in [-0.1, -0.05) is 19.9 Å². The molecule has 0 heterocycles. The van der Waals surface area contributed by atoms with Crippen molar-refractivity contribution in [1.29, 1.82) is 0 Å². The van der Waals surface area contributed by atoms with Crippen LogP contribution in [-0.4, -0.2) is 33.4 Å². The van der Waals surface area contributed by atoms with Gasteiger partial charge >= 0.3 is 0 Å². The number of nitrogens with one attached hydrogen (secondary N) is 1. The third kappa shape index (κ3) is 5.47. The summed E-state index contributed by atoms with van der Waals surface area (Å²) in [4.78, 5) is 2.09. The average molecular weight is 282 g/mol. The summed E-state index contributed by atoms with van der Waals surface area (Å²) in [5.41, 5.74) is 1.66. The standard InChI is InChI=1S/C16H27FN2O/c1-5-19(12-13(2)3)16-7-6-14(10-15(16)17)11-18-8-9-20-4/h6-7,10,13,18H,5,8-9,11-12H2,1-4H3. The van der Waals surface area contributed by atoms with Crippen molar-refractivity contribution in [2.75, 3.05) is 38.3 Å². The summed E-state index contributed by atoms with van der Waals surface area (Å²) in [6.07, 6.45) is 0. The van der Waals surface area contributed by atoms with Gasteiger partial charge in [-0.25, -0.2) is 4.39 Å². The molecule has 0 amide bonds. The second kappa shape index (κ2) is 8.93. The molecule has 1 aromatic rings. The van der Waals surface area contributed by atoms with Crippen molar-refractivity contribution in [3.63, 3.8) is 0 Å². The van der Waals surface area contributed by atoms with Crippen molar-refractivity contribution in [2.24, 2.45) is 5.92 Å². The first-order chi connectivity index (χ1) is 9.58. The number of ether oxygens (including phenoxy) is 1. The molecule has 4 heteroatoms. The van der Waals surface area contributed by atoms with Crippen LogP contribution in [-0.2, 0) is 11.3 Å². The molecule has 0 bridgehead atoms. The maximum atomic E-state index is 14.2. The lowest BCUT2D eigenvalue weighted by atomic mass is 10.1. The Labute approximate surface area is 122 Å². The van der Waals surface area contributed by atoms with Crippen molar-refractivity contribution < 1.29 is 9.13 Å². The first-order valence-electron chi connectivity index (χ1n) is 7.31. The van der Waals surface area contributed by atoms with Gasteiger partial charge < -0.3 is 15.0 Å². The van der Waals surface area contributed by atoms with Crippen molar-refractivity contribution >= 4 is 5.69 Å². The van der Waals surface area contributed by atoms with Crippen LogP contribution in [0.1, 0.15) is 26.3 Å². The average Bonchev–Trinajstić information content (AvgIpc) is 2.41. The molecule has 0 fully saturated rings. The summed E-state index contributed by atoms with van der Waals surface area (Å²) in [5, 5.41) is 3.22. The highest BCUT2D eigenvalue weighted by Gasteiger charge is 2.11. The number of hydrogen-bond donors (Lipinski definition) is 1. The number of anilines is 1. The fraction of sp³-hybridized carbons (Fsp3) is 0.625. The van der Waals surface area contributed by atoms with Gasteiger partial charge in [0.2, 0.25) is 0 Å². The Morgan fingerprint density at radius 1 is 1.35 bits per heavy atom. The summed E-state index contributed by atoms with van der Waals surface area (Å²) in [6, 6.07) is 5.49. The molecule has 0 aliphatic carbocycles. The van der Waals surface area contributed by atoms with Gasteiger partial charge in [0.05, 0.1) is 12.3 Å². The van der Waals surface area contributed by atoms with E-state index >= 15 is 0 Å². The second-order valence-corrected chi connectivity index (χ2v) is 5.39. The summed E-state index contributed by atoms with van der Waals surface area (Å²) >= 11 is 0. The Morgan fingerprint density at radius 3 is 2.65 bits per heavy atom. The monoisotopic (exact) mass is 282 g/mol. The summed E-state index contributed by atoms with van der Waals surface area (Å²) in [7, 11) is 1.67. The van der Waals surface area contributed by atoms with Crippen LogP contribution in [0.3, 0.4) is 0 Å². The molecule has 3 nitrogen and oxygen atoms in total. The topological polar surface area (TPSA) is 24.5 Å². The predicted molar refractivity (Wildman–Crippen MR) is 82.7 cm³/mol. The SMILES string of the molecule is CCN(CC(C)C)c1ccc(CNCCOC)cc1F. The zero-order valence-electron chi connectivity index (χ0n) is 13.1. The molecule has 0 atom stereocenters. The third-order valence-corrected chi connectivity index (χ3v) is 3.13. The Hall–Kier alpha value is -1.13. The molecule has 0 saturated carbocycles. The van der Waals surface area contributed by atoms with Gasteiger partial charge in [0.15, 0.2) is 0 Å². The lowest BCUT2D eigenvalue weighted by molar-refractivity contribution is 0.199. The lowest BCUT2D eigenvalue weighted by Crippen LogP contribution is -2.28. The fourth-order valence-electron chi connectivity index (χ4n) is 2.16. The Kier molecular flexibility index (Phi) is 7.55. The van der Waals surface area contributed by atoms with E-state index < -0.39 is 0 Å². The van der Waals surface area contributed by atoms with E-state index in [2.05, 4.69) is 31.0 Å². The van der Waals surface area contributed by atoms with Gasteiger partial charge in [0, 0.05) is 33.3 Å². The van der Waals surface area contributed by atoms with Crippen LogP contribution < -0.4 is 10.2 Å². The number of methoxy groups -OCH3 is 1. The zero-order valence-corrected chi connectivity index (χ0v) is 13.1. The molecular formula is C16H27FN2O. The van der Waals surface area contributed by atoms with Crippen LogP contribution in [0.25, 0.3) is 0 Å². The minimum atomic E-state index is -0.140. The Bertz CT molecular complexity index is 396. The normalized spacial score (nSPS) is 11.1. The van der Waals surface area contributed by atoms with Crippen LogP contribution in [0.2, 0.25) is 0 Å². The minimum Gasteiger partial charge on any atom is -0.383 e. The number of halogens is 1. The first-order valence-corrected chi connectivity index (χ1v) is 7.31. The lowest BCUT2D eigenvalue weighted by Gasteiger charge is -2.25. The summed E-state index contributed by atoms with van der Waals surface area (Å²) in [5.74, 6) is 0.378. The van der Waals surface area contributed by atoms with Gasteiger partial charge in [0.25, 0.3) is 0 Å². The maximum Gasteiger partial charge on any atom is 0.146 e. The van der Waals surface area contributed by atoms with Crippen LogP contribution in [0, 0.1) is 11.7 Å². The number of benzene rings is 1. The largest absolute Gasteiger partial charge is 0.383 e. The van der Waals surface area contributed by atoms with E-state index in [4.69, 9.17) is 4.74 Å². The molecule has 1 N–H and O–H groups in total. The molecule has 114 valence electrons. The number of nitrogens with zero attached hydrogens (tertiary/aromatic N) is 1. The molecule has 0 aliphatic rings. The van der Waals surface area contributed by atoms with Gasteiger partial charge in [0.1, 0.15) is 5.82 Å². The minimum absolute atomic E-state index is 0.140. The predicted octanol–water partition coefficient (Wildman–Crippen LogP) is 3.04. The highest BCUT2D eigenvalue weighted by Crippen LogP contribution is 2.21. The second-order valence-electron chi connectivity index (χ2n) is 5.39. The molecular weight excluding hydrogens is 255 g/mol. The molecule has 20 heavy (non-hydrogen) atoms. The molecule has 0 unspecified atom stereocenters. The van der Waals surface area contributed by atoms with Crippen LogP contribution in [0.4, 0.5) is 10.1 Å². The van der Waals surface area contributed by atoms with Crippen LogP contribution >= 0.6 is 0 Å². The molecule has 0 radical (unpaired) electrons. The maximum absolute atomic E-state index is 14.2. The third-order valence-electron chi connectivity index (χ3n) is 3.13. The van der Waals surface area contributed by atoms with E-state index in [1.165, 1.54) is 0 Å². The highest BCUT2D eigenvalue weighted by atomic mass is 19.1. The number of rotatable bonds is 9. The quantitative estimate of drug-likeness (QED) is 0.705. The molecule has 1 aromatic carbocycles. The van der Waals surface area contributed by atoms with Crippen molar-refractivity contribution in [1.82, 2.24) is 5.32 Å². The smallest absolute Gasteiger partial charge is 0.146 e. The summed E-state index contributed by atoms with van der Waals surface area (Å²) < 4.78 is 19.2. The van der Waals surface area contributed by atoms with E-state index in [9.17, 15) is 4.39 Å². The van der Waals surface area contributed by atoms with Gasteiger partial charge in [-0.05, 0) is 30.5 Å². The van der Waals surface area contributed by atoms with Crippen LogP contribution in [0.5, 0.6) is 0 Å². The molecule has 0 saturated heterocycles. The van der Waals surface area contributed by atoms with Gasteiger partial charge in [-0.15, -0.1) is 0 Å². The van der Waals surface area contributed by atoms with Gasteiger partial charge in [-0.2, -0.15) is 0 Å². The van der Waals surface area contributed by atoms with E-state index in [0.717, 1.165) is 25.2 Å². The van der Waals surface area contributed by atoms with E-state index in [-0.39, 0.29) is 5.82 Å². The molecule has 0 spiro atoms. The van der Waals surface area contributed by atoms with E-state index in [1.807, 2.05) is 12.1 Å². The number of hydrogen-bond acceptors (Lipinski definition) is 3. The fourth-order valence-corrected chi connectivity index (χ4v) is 2.16. The Balaban J connectivity index is 2.66. The Morgan fingerprint density at radius 2 is 2.10 bits per heavy atom. The van der Waals surface area contributed by atoms with E-state index in [0.29, 0.717) is 24.8 Å². The zero-order chi connectivity index (χ0) is 15.0. The van der Waals surface area contributed by atoms with Crippen LogP contribution in [0.15, 0.2) is 18.2 Å².